The molecule has 1 amide bonds. The number of methoxy groups -OCH3 is 5. The Morgan fingerprint density at radius 1 is 0.861 bits per heavy atom. The van der Waals surface area contributed by atoms with Crippen molar-refractivity contribution in [3.05, 3.63) is 41.5 Å². The van der Waals surface area contributed by atoms with Crippen LogP contribution in [0.5, 0.6) is 28.7 Å². The van der Waals surface area contributed by atoms with Gasteiger partial charge in [-0.3, -0.25) is 4.79 Å². The zero-order valence-corrected chi connectivity index (χ0v) is 23.0. The average Bonchev–Trinajstić information content (AvgIpc) is 2.88. The quantitative estimate of drug-likeness (QED) is 0.393. The summed E-state index contributed by atoms with van der Waals surface area (Å²) in [5.74, 6) is 2.55. The van der Waals surface area contributed by atoms with Crippen LogP contribution in [-0.2, 0) is 16.6 Å². The minimum atomic E-state index is -0.878. The first-order chi connectivity index (χ1) is 17.2. The highest BCUT2D eigenvalue weighted by Gasteiger charge is 2.42. The van der Waals surface area contributed by atoms with Gasteiger partial charge in [-0.2, -0.15) is 0 Å². The van der Waals surface area contributed by atoms with Gasteiger partial charge in [-0.1, -0.05) is 19.9 Å². The van der Waals surface area contributed by atoms with Crippen LogP contribution in [0.1, 0.15) is 37.8 Å². The van der Waals surface area contributed by atoms with Gasteiger partial charge in [0.2, 0.25) is 11.7 Å². The predicted molar refractivity (Wildman–Crippen MR) is 142 cm³/mol. The molecule has 0 aliphatic carbocycles. The summed E-state index contributed by atoms with van der Waals surface area (Å²) in [4.78, 5) is 15.3. The largest absolute Gasteiger partial charge is 0.493 e. The molecule has 0 unspecified atom stereocenters. The molecule has 0 bridgehead atoms. The van der Waals surface area contributed by atoms with Gasteiger partial charge < -0.3 is 34.3 Å². The minimum absolute atomic E-state index is 0.0325. The van der Waals surface area contributed by atoms with E-state index in [1.165, 1.54) is 5.56 Å². The van der Waals surface area contributed by atoms with Gasteiger partial charge in [-0.05, 0) is 74.2 Å². The van der Waals surface area contributed by atoms with Crippen molar-refractivity contribution in [2.24, 2.45) is 11.7 Å². The van der Waals surface area contributed by atoms with Crippen LogP contribution in [0.3, 0.4) is 0 Å². The van der Waals surface area contributed by atoms with E-state index in [9.17, 15) is 4.79 Å². The third kappa shape index (κ3) is 6.35. The maximum absolute atomic E-state index is 13.0. The number of primary amides is 1. The van der Waals surface area contributed by atoms with E-state index >= 15 is 0 Å². The first-order valence-corrected chi connectivity index (χ1v) is 12.2. The molecule has 8 heteroatoms. The maximum atomic E-state index is 13.0. The van der Waals surface area contributed by atoms with E-state index in [1.807, 2.05) is 38.1 Å². The number of carbonyl (C=O) groups excluding carboxylic acids is 1. The molecule has 0 saturated heterocycles. The van der Waals surface area contributed by atoms with Crippen molar-refractivity contribution in [1.82, 2.24) is 4.90 Å². The van der Waals surface area contributed by atoms with Crippen LogP contribution in [0.4, 0.5) is 0 Å². The van der Waals surface area contributed by atoms with E-state index in [4.69, 9.17) is 29.4 Å². The Kier molecular flexibility index (Phi) is 10.7. The molecule has 0 saturated carbocycles. The van der Waals surface area contributed by atoms with Crippen LogP contribution >= 0.6 is 0 Å². The lowest BCUT2D eigenvalue weighted by molar-refractivity contribution is -0.125. The summed E-state index contributed by atoms with van der Waals surface area (Å²) in [6.07, 6.45) is 2.26. The molecule has 0 aromatic heterocycles. The Morgan fingerprint density at radius 2 is 1.44 bits per heavy atom. The second-order valence-electron chi connectivity index (χ2n) is 9.25. The molecule has 0 fully saturated rings. The van der Waals surface area contributed by atoms with E-state index < -0.39 is 5.41 Å². The number of nitrogens with two attached hydrogens (primary N) is 1. The van der Waals surface area contributed by atoms with Crippen LogP contribution in [0.25, 0.3) is 0 Å². The number of rotatable bonds is 15. The van der Waals surface area contributed by atoms with Crippen LogP contribution in [-0.4, -0.2) is 66.5 Å². The van der Waals surface area contributed by atoms with E-state index in [1.54, 1.807) is 35.5 Å². The van der Waals surface area contributed by atoms with Crippen LogP contribution < -0.4 is 29.4 Å². The SMILES string of the molecule is COc1ccc(CCN(C)CCC[C@@](C(N)=O)(c2cc(OC)c(OC)c(OC)c2)C(C)C)cc1OC. The highest BCUT2D eigenvalue weighted by atomic mass is 16.5. The number of hydrogen-bond acceptors (Lipinski definition) is 7. The minimum Gasteiger partial charge on any atom is -0.493 e. The van der Waals surface area contributed by atoms with Gasteiger partial charge in [0.05, 0.1) is 41.0 Å². The molecule has 0 spiro atoms. The number of benzene rings is 2. The summed E-state index contributed by atoms with van der Waals surface area (Å²) >= 11 is 0. The van der Waals surface area contributed by atoms with Crippen LogP contribution in [0.2, 0.25) is 0 Å². The van der Waals surface area contributed by atoms with Gasteiger partial charge >= 0.3 is 0 Å². The highest BCUT2D eigenvalue weighted by molar-refractivity contribution is 5.87. The van der Waals surface area contributed by atoms with E-state index in [2.05, 4.69) is 18.0 Å². The van der Waals surface area contributed by atoms with Crippen molar-refractivity contribution in [1.29, 1.82) is 0 Å². The molecule has 36 heavy (non-hydrogen) atoms. The molecule has 8 nitrogen and oxygen atoms in total. The predicted octanol–water partition coefficient (Wildman–Crippen LogP) is 4.06. The molecule has 0 heterocycles. The summed E-state index contributed by atoms with van der Waals surface area (Å²) < 4.78 is 27.3. The number of hydrogen-bond donors (Lipinski definition) is 1. The highest BCUT2D eigenvalue weighted by Crippen LogP contribution is 2.45. The lowest BCUT2D eigenvalue weighted by atomic mass is 9.68. The first-order valence-electron chi connectivity index (χ1n) is 12.2. The molecule has 200 valence electrons. The molecule has 2 N–H and O–H groups in total. The van der Waals surface area contributed by atoms with Gasteiger partial charge in [0, 0.05) is 6.54 Å². The fraction of sp³-hybridized carbons (Fsp3) is 0.536. The molecular formula is C28H42N2O6. The van der Waals surface area contributed by atoms with Gasteiger partial charge in [0.25, 0.3) is 0 Å². The van der Waals surface area contributed by atoms with Crippen LogP contribution in [0, 0.1) is 5.92 Å². The van der Waals surface area contributed by atoms with Crippen molar-refractivity contribution in [3.8, 4) is 28.7 Å². The summed E-state index contributed by atoms with van der Waals surface area (Å²) in [5, 5.41) is 0. The molecule has 2 aromatic carbocycles. The molecule has 0 aliphatic rings. The van der Waals surface area contributed by atoms with Gasteiger partial charge in [0.1, 0.15) is 0 Å². The standard InChI is InChI=1S/C28H42N2O6/c1-19(2)28(27(29)31,21-17-24(34-6)26(36-8)25(18-21)35-7)13-9-14-30(3)15-12-20-10-11-22(32-4)23(16-20)33-5/h10-11,16-19H,9,12-15H2,1-8H3,(H2,29,31)/t28-/m0/s1. The molecule has 2 aromatic rings. The topological polar surface area (TPSA) is 92.5 Å². The number of amides is 1. The Bertz CT molecular complexity index is 985. The lowest BCUT2D eigenvalue weighted by Crippen LogP contribution is -2.46. The molecule has 2 rings (SSSR count). The van der Waals surface area contributed by atoms with Crippen LogP contribution in [0.15, 0.2) is 30.3 Å². The Labute approximate surface area is 215 Å². The first kappa shape index (κ1) is 29.1. The van der Waals surface area contributed by atoms with Gasteiger partial charge in [-0.15, -0.1) is 0 Å². The number of nitrogens with zero attached hydrogens (tertiary/aromatic N) is 1. The number of likely N-dealkylation sites (N-methyl/N-ethyl adjacent to an activating group) is 1. The number of ether oxygens (including phenoxy) is 5. The lowest BCUT2D eigenvalue weighted by Gasteiger charge is -2.36. The zero-order chi connectivity index (χ0) is 26.9. The van der Waals surface area contributed by atoms with E-state index in [0.717, 1.165) is 43.0 Å². The summed E-state index contributed by atoms with van der Waals surface area (Å²) in [5.41, 5.74) is 7.14. The summed E-state index contributed by atoms with van der Waals surface area (Å²) in [7, 11) is 10.0. The monoisotopic (exact) mass is 502 g/mol. The fourth-order valence-corrected chi connectivity index (χ4v) is 4.75. The summed E-state index contributed by atoms with van der Waals surface area (Å²) in [6, 6.07) is 9.67. The molecule has 1 atom stereocenters. The normalized spacial score (nSPS) is 12.8. The third-order valence-corrected chi connectivity index (χ3v) is 6.95. The molecular weight excluding hydrogens is 460 g/mol. The Balaban J connectivity index is 2.17. The van der Waals surface area contributed by atoms with Crippen molar-refractivity contribution >= 4 is 5.91 Å². The zero-order valence-electron chi connectivity index (χ0n) is 23.0. The smallest absolute Gasteiger partial charge is 0.228 e. The van der Waals surface area contributed by atoms with Gasteiger partial charge in [0.15, 0.2) is 23.0 Å². The molecule has 0 aliphatic heterocycles. The van der Waals surface area contributed by atoms with Gasteiger partial charge in [-0.25, -0.2) is 0 Å². The second-order valence-corrected chi connectivity index (χ2v) is 9.25. The van der Waals surface area contributed by atoms with Crippen molar-refractivity contribution in [2.75, 3.05) is 55.7 Å². The second kappa shape index (κ2) is 13.3. The summed E-state index contributed by atoms with van der Waals surface area (Å²) in [6.45, 7) is 5.73. The van der Waals surface area contributed by atoms with Crippen molar-refractivity contribution < 1.29 is 28.5 Å². The fourth-order valence-electron chi connectivity index (χ4n) is 4.75. The Hall–Kier alpha value is -3.13. The van der Waals surface area contributed by atoms with E-state index in [-0.39, 0.29) is 11.8 Å². The van der Waals surface area contributed by atoms with E-state index in [0.29, 0.717) is 23.7 Å². The average molecular weight is 503 g/mol. The Morgan fingerprint density at radius 3 is 1.92 bits per heavy atom. The third-order valence-electron chi connectivity index (χ3n) is 6.95. The molecule has 0 radical (unpaired) electrons. The maximum Gasteiger partial charge on any atom is 0.228 e. The van der Waals surface area contributed by atoms with Crippen molar-refractivity contribution in [3.63, 3.8) is 0 Å². The van der Waals surface area contributed by atoms with Crippen molar-refractivity contribution in [2.45, 2.75) is 38.5 Å². The number of carbonyl (C=O) groups is 1.